The average Bonchev–Trinajstić information content (AvgIpc) is 2.33. The van der Waals surface area contributed by atoms with Crippen molar-refractivity contribution in [3.05, 3.63) is 0 Å². The van der Waals surface area contributed by atoms with Crippen molar-refractivity contribution in [1.29, 1.82) is 0 Å². The van der Waals surface area contributed by atoms with Gasteiger partial charge in [-0.2, -0.15) is 0 Å². The number of carbonyl (C=O) groups excluding carboxylic acids is 1. The second-order valence-corrected chi connectivity index (χ2v) is 5.72. The molecule has 0 aromatic rings. The minimum absolute atomic E-state index is 0.0269. The third-order valence-electron chi connectivity index (χ3n) is 2.80. The van der Waals surface area contributed by atoms with Crippen molar-refractivity contribution in [2.75, 3.05) is 33.3 Å². The smallest absolute Gasteiger partial charge is 0.216 e. The van der Waals surface area contributed by atoms with E-state index in [2.05, 4.69) is 41.7 Å². The van der Waals surface area contributed by atoms with Crippen molar-refractivity contribution in [1.82, 2.24) is 16.0 Å². The van der Waals surface area contributed by atoms with Gasteiger partial charge in [-0.3, -0.25) is 9.79 Å². The molecule has 0 aromatic heterocycles. The first-order chi connectivity index (χ1) is 9.31. The normalized spacial score (nSPS) is 13.8. The maximum absolute atomic E-state index is 10.8. The molecule has 0 aliphatic heterocycles. The number of nitrogens with zero attached hydrogens (tertiary/aromatic N) is 1. The van der Waals surface area contributed by atoms with Gasteiger partial charge in [0.05, 0.1) is 12.6 Å². The van der Waals surface area contributed by atoms with Gasteiger partial charge in [0, 0.05) is 33.7 Å². The Hall–Kier alpha value is -1.30. The topological polar surface area (TPSA) is 74.8 Å². The van der Waals surface area contributed by atoms with E-state index in [-0.39, 0.29) is 17.4 Å². The van der Waals surface area contributed by atoms with Crippen molar-refractivity contribution < 1.29 is 9.53 Å². The lowest BCUT2D eigenvalue weighted by molar-refractivity contribution is -0.118. The molecule has 118 valence electrons. The van der Waals surface area contributed by atoms with Crippen LogP contribution >= 0.6 is 0 Å². The highest BCUT2D eigenvalue weighted by Crippen LogP contribution is 2.21. The molecule has 1 unspecified atom stereocenters. The zero-order valence-electron chi connectivity index (χ0n) is 13.7. The van der Waals surface area contributed by atoms with Crippen LogP contribution in [-0.4, -0.2) is 51.3 Å². The van der Waals surface area contributed by atoms with Gasteiger partial charge in [0.2, 0.25) is 5.91 Å². The number of hydrogen-bond donors (Lipinski definition) is 3. The average molecular weight is 286 g/mol. The van der Waals surface area contributed by atoms with Gasteiger partial charge >= 0.3 is 0 Å². The number of aliphatic imine (C=N–C) groups is 1. The summed E-state index contributed by atoms with van der Waals surface area (Å²) in [7, 11) is 1.71. The van der Waals surface area contributed by atoms with Gasteiger partial charge in [0.1, 0.15) is 0 Å². The molecule has 0 saturated carbocycles. The number of guanidine groups is 1. The van der Waals surface area contributed by atoms with Gasteiger partial charge in [-0.05, 0) is 12.3 Å². The van der Waals surface area contributed by atoms with Gasteiger partial charge in [0.15, 0.2) is 5.96 Å². The van der Waals surface area contributed by atoms with Crippen molar-refractivity contribution in [3.8, 4) is 0 Å². The molecule has 0 aliphatic carbocycles. The van der Waals surface area contributed by atoms with Crippen LogP contribution in [0.4, 0.5) is 0 Å². The Morgan fingerprint density at radius 3 is 2.25 bits per heavy atom. The summed E-state index contributed by atoms with van der Waals surface area (Å²) in [6.07, 6.45) is 0.0632. The highest BCUT2D eigenvalue weighted by molar-refractivity contribution is 5.79. The molecule has 0 aromatic carbocycles. The van der Waals surface area contributed by atoms with E-state index < -0.39 is 0 Å². The van der Waals surface area contributed by atoms with E-state index >= 15 is 0 Å². The second kappa shape index (κ2) is 9.58. The third kappa shape index (κ3) is 8.74. The first-order valence-corrected chi connectivity index (χ1v) is 7.10. The molecule has 0 aliphatic rings. The van der Waals surface area contributed by atoms with Gasteiger partial charge in [-0.1, -0.05) is 20.8 Å². The standard InChI is InChI=1S/C14H30N4O2/c1-7-15-13(17-9-8-16-11(2)19)18-10-12(20-6)14(3,4)5/h12H,7-10H2,1-6H3,(H,16,19)(H2,15,17,18). The maximum atomic E-state index is 10.8. The first-order valence-electron chi connectivity index (χ1n) is 7.10. The number of nitrogens with one attached hydrogen (secondary N) is 3. The van der Waals surface area contributed by atoms with E-state index in [9.17, 15) is 4.79 Å². The minimum Gasteiger partial charge on any atom is -0.379 e. The minimum atomic E-state index is -0.0269. The number of methoxy groups -OCH3 is 1. The number of amides is 1. The van der Waals surface area contributed by atoms with Crippen LogP contribution in [0.2, 0.25) is 0 Å². The molecular weight excluding hydrogens is 256 g/mol. The molecule has 0 rings (SSSR count). The molecular formula is C14H30N4O2. The van der Waals surface area contributed by atoms with E-state index in [1.54, 1.807) is 7.11 Å². The van der Waals surface area contributed by atoms with Crippen LogP contribution in [-0.2, 0) is 9.53 Å². The molecule has 1 amide bonds. The van der Waals surface area contributed by atoms with Crippen molar-refractivity contribution in [2.24, 2.45) is 10.4 Å². The fourth-order valence-corrected chi connectivity index (χ4v) is 1.64. The van der Waals surface area contributed by atoms with Gasteiger partial charge < -0.3 is 20.7 Å². The number of ether oxygens (including phenoxy) is 1. The largest absolute Gasteiger partial charge is 0.379 e. The lowest BCUT2D eigenvalue weighted by Gasteiger charge is -2.28. The zero-order valence-corrected chi connectivity index (χ0v) is 13.7. The van der Waals surface area contributed by atoms with E-state index in [4.69, 9.17) is 4.74 Å². The summed E-state index contributed by atoms with van der Waals surface area (Å²) >= 11 is 0. The van der Waals surface area contributed by atoms with E-state index in [0.717, 1.165) is 12.5 Å². The molecule has 6 heteroatoms. The Balaban J connectivity index is 4.34. The summed E-state index contributed by atoms with van der Waals surface area (Å²) in [5.41, 5.74) is 0.0474. The predicted molar refractivity (Wildman–Crippen MR) is 82.9 cm³/mol. The highest BCUT2D eigenvalue weighted by atomic mass is 16.5. The van der Waals surface area contributed by atoms with Crippen LogP contribution < -0.4 is 16.0 Å². The second-order valence-electron chi connectivity index (χ2n) is 5.72. The van der Waals surface area contributed by atoms with Crippen LogP contribution in [0.25, 0.3) is 0 Å². The summed E-state index contributed by atoms with van der Waals surface area (Å²) in [5, 5.41) is 9.08. The van der Waals surface area contributed by atoms with Crippen LogP contribution in [0.15, 0.2) is 4.99 Å². The fourth-order valence-electron chi connectivity index (χ4n) is 1.64. The SMILES string of the molecule is CCNC(=NCC(OC)C(C)(C)C)NCCNC(C)=O. The summed E-state index contributed by atoms with van der Waals surface area (Å²) in [4.78, 5) is 15.3. The number of hydrogen-bond acceptors (Lipinski definition) is 3. The Labute approximate surface area is 122 Å². The van der Waals surface area contributed by atoms with E-state index in [1.165, 1.54) is 6.92 Å². The molecule has 1 atom stereocenters. The van der Waals surface area contributed by atoms with Crippen LogP contribution in [0.5, 0.6) is 0 Å². The lowest BCUT2D eigenvalue weighted by Crippen LogP contribution is -2.42. The van der Waals surface area contributed by atoms with Gasteiger partial charge in [-0.25, -0.2) is 0 Å². The predicted octanol–water partition coefficient (Wildman–Crippen LogP) is 0.739. The maximum Gasteiger partial charge on any atom is 0.216 e. The Morgan fingerprint density at radius 1 is 1.20 bits per heavy atom. The zero-order chi connectivity index (χ0) is 15.6. The number of rotatable bonds is 7. The quantitative estimate of drug-likeness (QED) is 0.366. The van der Waals surface area contributed by atoms with Gasteiger partial charge in [0.25, 0.3) is 0 Å². The molecule has 0 heterocycles. The lowest BCUT2D eigenvalue weighted by atomic mass is 9.89. The van der Waals surface area contributed by atoms with Crippen LogP contribution in [0.3, 0.4) is 0 Å². The van der Waals surface area contributed by atoms with Crippen molar-refractivity contribution in [2.45, 2.75) is 40.7 Å². The van der Waals surface area contributed by atoms with E-state index in [0.29, 0.717) is 19.6 Å². The first kappa shape index (κ1) is 18.7. The molecule has 3 N–H and O–H groups in total. The van der Waals surface area contributed by atoms with Crippen molar-refractivity contribution in [3.63, 3.8) is 0 Å². The number of carbonyl (C=O) groups is 1. The monoisotopic (exact) mass is 286 g/mol. The van der Waals surface area contributed by atoms with E-state index in [1.807, 2.05) is 6.92 Å². The summed E-state index contributed by atoms with van der Waals surface area (Å²) < 4.78 is 5.48. The summed E-state index contributed by atoms with van der Waals surface area (Å²) in [5.74, 6) is 0.713. The third-order valence-corrected chi connectivity index (χ3v) is 2.80. The highest BCUT2D eigenvalue weighted by Gasteiger charge is 2.23. The molecule has 6 nitrogen and oxygen atoms in total. The molecule has 20 heavy (non-hydrogen) atoms. The van der Waals surface area contributed by atoms with Crippen molar-refractivity contribution >= 4 is 11.9 Å². The van der Waals surface area contributed by atoms with Crippen LogP contribution in [0.1, 0.15) is 34.6 Å². The Bertz CT molecular complexity index is 311. The summed E-state index contributed by atoms with van der Waals surface area (Å²) in [6.45, 7) is 12.5. The molecule has 0 saturated heterocycles. The van der Waals surface area contributed by atoms with Crippen LogP contribution in [0, 0.1) is 5.41 Å². The molecule has 0 bridgehead atoms. The molecule has 0 fully saturated rings. The summed E-state index contributed by atoms with van der Waals surface area (Å²) in [6, 6.07) is 0. The molecule has 0 radical (unpaired) electrons. The Kier molecular flexibility index (Phi) is 8.96. The fraction of sp³-hybridized carbons (Fsp3) is 0.857. The van der Waals surface area contributed by atoms with Gasteiger partial charge in [-0.15, -0.1) is 0 Å². The Morgan fingerprint density at radius 2 is 1.80 bits per heavy atom. The molecule has 0 spiro atoms.